The maximum Gasteiger partial charge on any atom is 0.137 e. The highest BCUT2D eigenvalue weighted by Crippen LogP contribution is 2.26. The molecule has 0 N–H and O–H groups in total. The second kappa shape index (κ2) is 5.52. The molecule has 0 fully saturated rings. The average molecular weight is 231 g/mol. The second-order valence-electron chi connectivity index (χ2n) is 3.65. The molecule has 1 aromatic carbocycles. The van der Waals surface area contributed by atoms with E-state index in [1.165, 1.54) is 0 Å². The Hall–Kier alpha value is -0.340. The van der Waals surface area contributed by atoms with Crippen LogP contribution >= 0.6 is 24.2 Å². The monoisotopic (exact) mass is 230 g/mol. The van der Waals surface area contributed by atoms with E-state index in [2.05, 4.69) is 26.5 Å². The van der Waals surface area contributed by atoms with E-state index in [0.29, 0.717) is 17.5 Å². The van der Waals surface area contributed by atoms with Crippen LogP contribution in [-0.2, 0) is 0 Å². The lowest BCUT2D eigenvalue weighted by Crippen LogP contribution is -2.01. The molecule has 1 nitrogen and oxygen atoms in total. The molecule has 0 bridgehead atoms. The molecule has 0 radical (unpaired) electrons. The zero-order chi connectivity index (χ0) is 10.6. The van der Waals surface area contributed by atoms with Gasteiger partial charge in [-0.15, -0.1) is 12.6 Å². The first-order valence-electron chi connectivity index (χ1n) is 4.71. The van der Waals surface area contributed by atoms with Crippen LogP contribution < -0.4 is 4.74 Å². The summed E-state index contributed by atoms with van der Waals surface area (Å²) in [7, 11) is 0. The molecule has 0 saturated heterocycles. The van der Waals surface area contributed by atoms with Crippen molar-refractivity contribution in [2.75, 3.05) is 6.61 Å². The van der Waals surface area contributed by atoms with Crippen molar-refractivity contribution in [2.24, 2.45) is 5.92 Å². The minimum Gasteiger partial charge on any atom is -0.492 e. The van der Waals surface area contributed by atoms with E-state index in [4.69, 9.17) is 16.3 Å². The maximum atomic E-state index is 5.97. The van der Waals surface area contributed by atoms with Gasteiger partial charge in [0.05, 0.1) is 11.6 Å². The number of hydrogen-bond donors (Lipinski definition) is 1. The van der Waals surface area contributed by atoms with Gasteiger partial charge in [-0.05, 0) is 30.5 Å². The predicted octanol–water partition coefficient (Wildman–Crippen LogP) is 4.05. The fraction of sp³-hybridized carbons (Fsp3) is 0.455. The Kier molecular flexibility index (Phi) is 4.63. The maximum absolute atomic E-state index is 5.97. The molecule has 0 aliphatic carbocycles. The fourth-order valence-electron chi connectivity index (χ4n) is 1.01. The molecule has 0 atom stereocenters. The van der Waals surface area contributed by atoms with Gasteiger partial charge in [0, 0.05) is 4.90 Å². The van der Waals surface area contributed by atoms with Gasteiger partial charge in [-0.1, -0.05) is 25.4 Å². The summed E-state index contributed by atoms with van der Waals surface area (Å²) in [5, 5.41) is 0.626. The molecule has 1 rings (SSSR count). The molecule has 0 spiro atoms. The summed E-state index contributed by atoms with van der Waals surface area (Å²) in [6.45, 7) is 5.05. The lowest BCUT2D eigenvalue weighted by atomic mass is 10.1. The van der Waals surface area contributed by atoms with Gasteiger partial charge in [-0.3, -0.25) is 0 Å². The number of ether oxygens (including phenoxy) is 1. The molecule has 0 heterocycles. The Bertz CT molecular complexity index is 299. The molecule has 14 heavy (non-hydrogen) atoms. The van der Waals surface area contributed by atoms with Gasteiger partial charge in [0.25, 0.3) is 0 Å². The zero-order valence-corrected chi connectivity index (χ0v) is 10.1. The average Bonchev–Trinajstić information content (AvgIpc) is 2.08. The highest BCUT2D eigenvalue weighted by Gasteiger charge is 2.02. The van der Waals surface area contributed by atoms with Gasteiger partial charge in [-0.25, -0.2) is 0 Å². The standard InChI is InChI=1S/C11H15ClOS/c1-8(2)5-6-13-11-4-3-9(14)7-10(11)12/h3-4,7-8,14H,5-6H2,1-2H3. The number of hydrogen-bond acceptors (Lipinski definition) is 2. The van der Waals surface area contributed by atoms with Crippen molar-refractivity contribution in [1.29, 1.82) is 0 Å². The summed E-state index contributed by atoms with van der Waals surface area (Å²) in [4.78, 5) is 0.853. The molecule has 0 aliphatic heterocycles. The second-order valence-corrected chi connectivity index (χ2v) is 4.57. The van der Waals surface area contributed by atoms with Gasteiger partial charge in [-0.2, -0.15) is 0 Å². The highest BCUT2D eigenvalue weighted by atomic mass is 35.5. The molecule has 0 aliphatic rings. The van der Waals surface area contributed by atoms with Crippen molar-refractivity contribution >= 4 is 24.2 Å². The van der Waals surface area contributed by atoms with E-state index in [9.17, 15) is 0 Å². The van der Waals surface area contributed by atoms with Crippen molar-refractivity contribution in [3.05, 3.63) is 23.2 Å². The summed E-state index contributed by atoms with van der Waals surface area (Å²) < 4.78 is 5.54. The van der Waals surface area contributed by atoms with Gasteiger partial charge in [0.2, 0.25) is 0 Å². The van der Waals surface area contributed by atoms with Crippen LogP contribution in [0, 0.1) is 5.92 Å². The Balaban J connectivity index is 2.51. The third kappa shape index (κ3) is 3.81. The first-order valence-corrected chi connectivity index (χ1v) is 5.53. The van der Waals surface area contributed by atoms with Crippen LogP contribution in [0.1, 0.15) is 20.3 Å². The van der Waals surface area contributed by atoms with Crippen molar-refractivity contribution in [1.82, 2.24) is 0 Å². The van der Waals surface area contributed by atoms with Crippen molar-refractivity contribution < 1.29 is 4.74 Å². The highest BCUT2D eigenvalue weighted by molar-refractivity contribution is 7.80. The van der Waals surface area contributed by atoms with Crippen molar-refractivity contribution in [3.63, 3.8) is 0 Å². The third-order valence-corrected chi connectivity index (χ3v) is 2.44. The first-order chi connectivity index (χ1) is 6.59. The lowest BCUT2D eigenvalue weighted by Gasteiger charge is -2.09. The summed E-state index contributed by atoms with van der Waals surface area (Å²) in [5.41, 5.74) is 0. The summed E-state index contributed by atoms with van der Waals surface area (Å²) >= 11 is 10.2. The Morgan fingerprint density at radius 3 is 2.71 bits per heavy atom. The summed E-state index contributed by atoms with van der Waals surface area (Å²) in [6, 6.07) is 5.51. The molecular weight excluding hydrogens is 216 g/mol. The Morgan fingerprint density at radius 2 is 2.14 bits per heavy atom. The molecule has 0 aromatic heterocycles. The van der Waals surface area contributed by atoms with Gasteiger partial charge in [0.1, 0.15) is 5.75 Å². The van der Waals surface area contributed by atoms with Gasteiger partial charge < -0.3 is 4.74 Å². The number of rotatable bonds is 4. The Labute approximate surface area is 95.8 Å². The van der Waals surface area contributed by atoms with Gasteiger partial charge in [0.15, 0.2) is 0 Å². The predicted molar refractivity (Wildman–Crippen MR) is 63.7 cm³/mol. The normalized spacial score (nSPS) is 10.6. The van der Waals surface area contributed by atoms with Crippen LogP contribution in [0.25, 0.3) is 0 Å². The summed E-state index contributed by atoms with van der Waals surface area (Å²) in [6.07, 6.45) is 1.04. The van der Waals surface area contributed by atoms with Crippen molar-refractivity contribution in [3.8, 4) is 5.75 Å². The van der Waals surface area contributed by atoms with E-state index >= 15 is 0 Å². The van der Waals surface area contributed by atoms with Crippen LogP contribution in [0.5, 0.6) is 5.75 Å². The number of benzene rings is 1. The topological polar surface area (TPSA) is 9.23 Å². The van der Waals surface area contributed by atoms with E-state index in [1.807, 2.05) is 12.1 Å². The molecule has 78 valence electrons. The molecule has 0 unspecified atom stereocenters. The molecular formula is C11H15ClOS. The van der Waals surface area contributed by atoms with E-state index in [0.717, 1.165) is 17.1 Å². The van der Waals surface area contributed by atoms with Crippen molar-refractivity contribution in [2.45, 2.75) is 25.2 Å². The van der Waals surface area contributed by atoms with Crippen LogP contribution in [0.15, 0.2) is 23.1 Å². The largest absolute Gasteiger partial charge is 0.492 e. The molecule has 1 aromatic rings. The lowest BCUT2D eigenvalue weighted by molar-refractivity contribution is 0.289. The van der Waals surface area contributed by atoms with Crippen LogP contribution in [0.3, 0.4) is 0 Å². The van der Waals surface area contributed by atoms with E-state index < -0.39 is 0 Å². The molecule has 3 heteroatoms. The SMILES string of the molecule is CC(C)CCOc1ccc(S)cc1Cl. The minimum atomic E-state index is 0.626. The minimum absolute atomic E-state index is 0.626. The van der Waals surface area contributed by atoms with E-state index in [1.54, 1.807) is 6.07 Å². The summed E-state index contributed by atoms with van der Waals surface area (Å²) in [5.74, 6) is 1.39. The quantitative estimate of drug-likeness (QED) is 0.768. The number of halogens is 1. The fourth-order valence-corrected chi connectivity index (χ4v) is 1.53. The number of thiol groups is 1. The van der Waals surface area contributed by atoms with Crippen LogP contribution in [0.4, 0.5) is 0 Å². The molecule has 0 amide bonds. The Morgan fingerprint density at radius 1 is 1.43 bits per heavy atom. The smallest absolute Gasteiger partial charge is 0.137 e. The van der Waals surface area contributed by atoms with E-state index in [-0.39, 0.29) is 0 Å². The van der Waals surface area contributed by atoms with Crippen LogP contribution in [0.2, 0.25) is 5.02 Å². The third-order valence-electron chi connectivity index (χ3n) is 1.87. The molecule has 0 saturated carbocycles. The van der Waals surface area contributed by atoms with Crippen LogP contribution in [-0.4, -0.2) is 6.61 Å². The zero-order valence-electron chi connectivity index (χ0n) is 8.46. The first kappa shape index (κ1) is 11.7. The van der Waals surface area contributed by atoms with Gasteiger partial charge >= 0.3 is 0 Å².